The first-order valence-electron chi connectivity index (χ1n) is 5.56. The Kier molecular flexibility index (Phi) is 4.64. The van der Waals surface area contributed by atoms with E-state index in [2.05, 4.69) is 42.4 Å². The molecule has 0 fully saturated rings. The molecule has 1 heterocycles. The lowest BCUT2D eigenvalue weighted by Gasteiger charge is -2.27. The average molecular weight is 191 g/mol. The Morgan fingerprint density at radius 2 is 2.29 bits per heavy atom. The molecule has 1 nitrogen and oxygen atoms in total. The van der Waals surface area contributed by atoms with Crippen molar-refractivity contribution in [3.8, 4) is 0 Å². The normalized spacial score (nSPS) is 27.9. The van der Waals surface area contributed by atoms with E-state index < -0.39 is 0 Å². The van der Waals surface area contributed by atoms with Gasteiger partial charge in [0.25, 0.3) is 0 Å². The third-order valence-corrected chi connectivity index (χ3v) is 2.76. The minimum Gasteiger partial charge on any atom is -0.297 e. The maximum absolute atomic E-state index is 4.38. The fourth-order valence-electron chi connectivity index (χ4n) is 1.81. The van der Waals surface area contributed by atoms with Gasteiger partial charge in [0.15, 0.2) is 0 Å². The van der Waals surface area contributed by atoms with Crippen molar-refractivity contribution in [1.82, 2.24) is 0 Å². The summed E-state index contributed by atoms with van der Waals surface area (Å²) in [5.74, 6) is 0. The zero-order valence-corrected chi connectivity index (χ0v) is 9.37. The lowest BCUT2D eigenvalue weighted by Crippen LogP contribution is -2.21. The molecule has 0 aromatic heterocycles. The van der Waals surface area contributed by atoms with E-state index in [1.807, 2.05) is 6.92 Å². The molecule has 1 aliphatic rings. The zero-order chi connectivity index (χ0) is 10.3. The van der Waals surface area contributed by atoms with Gasteiger partial charge in [-0.1, -0.05) is 31.2 Å². The van der Waals surface area contributed by atoms with Crippen LogP contribution in [0.2, 0.25) is 0 Å². The van der Waals surface area contributed by atoms with Gasteiger partial charge in [-0.2, -0.15) is 0 Å². The molecule has 0 saturated heterocycles. The fraction of sp³-hybridized carbons (Fsp3) is 0.615. The van der Waals surface area contributed by atoms with E-state index >= 15 is 0 Å². The SMILES string of the molecule is C/C=C/C=C\CCC1(C)C=NCCC1. The molecule has 1 atom stereocenters. The first-order valence-corrected chi connectivity index (χ1v) is 5.56. The Morgan fingerprint density at radius 3 is 2.93 bits per heavy atom. The van der Waals surface area contributed by atoms with E-state index in [-0.39, 0.29) is 0 Å². The van der Waals surface area contributed by atoms with E-state index in [0.29, 0.717) is 5.41 Å². The van der Waals surface area contributed by atoms with Crippen LogP contribution in [0.25, 0.3) is 0 Å². The highest BCUT2D eigenvalue weighted by molar-refractivity contribution is 5.65. The van der Waals surface area contributed by atoms with E-state index in [1.54, 1.807) is 0 Å². The minimum absolute atomic E-state index is 0.360. The highest BCUT2D eigenvalue weighted by Gasteiger charge is 2.22. The maximum Gasteiger partial charge on any atom is 0.0385 e. The molecule has 0 N–H and O–H groups in total. The molecule has 1 rings (SSSR count). The van der Waals surface area contributed by atoms with E-state index in [9.17, 15) is 0 Å². The van der Waals surface area contributed by atoms with Crippen LogP contribution in [0.4, 0.5) is 0 Å². The lowest BCUT2D eigenvalue weighted by atomic mass is 9.81. The summed E-state index contributed by atoms with van der Waals surface area (Å²) in [4.78, 5) is 4.38. The van der Waals surface area contributed by atoms with Crippen LogP contribution in [0.5, 0.6) is 0 Å². The molecule has 14 heavy (non-hydrogen) atoms. The number of allylic oxidation sites excluding steroid dienone is 4. The minimum atomic E-state index is 0.360. The summed E-state index contributed by atoms with van der Waals surface area (Å²) in [5, 5.41) is 0. The smallest absolute Gasteiger partial charge is 0.0385 e. The van der Waals surface area contributed by atoms with Gasteiger partial charge in [0.1, 0.15) is 0 Å². The van der Waals surface area contributed by atoms with Gasteiger partial charge >= 0.3 is 0 Å². The van der Waals surface area contributed by atoms with Crippen LogP contribution in [0, 0.1) is 5.41 Å². The Balaban J connectivity index is 2.29. The van der Waals surface area contributed by atoms with Gasteiger partial charge in [-0.25, -0.2) is 0 Å². The summed E-state index contributed by atoms with van der Waals surface area (Å²) in [5.41, 5.74) is 0.360. The van der Waals surface area contributed by atoms with E-state index in [1.165, 1.54) is 19.3 Å². The van der Waals surface area contributed by atoms with Gasteiger partial charge in [-0.3, -0.25) is 4.99 Å². The molecular weight excluding hydrogens is 170 g/mol. The van der Waals surface area contributed by atoms with Gasteiger partial charge in [0, 0.05) is 18.2 Å². The molecule has 0 aromatic rings. The average Bonchev–Trinajstić information content (AvgIpc) is 2.18. The third-order valence-electron chi connectivity index (χ3n) is 2.76. The van der Waals surface area contributed by atoms with Crippen LogP contribution in [0.3, 0.4) is 0 Å². The summed E-state index contributed by atoms with van der Waals surface area (Å²) in [6.45, 7) is 5.39. The van der Waals surface area contributed by atoms with Gasteiger partial charge in [0.2, 0.25) is 0 Å². The van der Waals surface area contributed by atoms with E-state index in [0.717, 1.165) is 13.0 Å². The molecular formula is C13H21N. The summed E-state index contributed by atoms with van der Waals surface area (Å²) in [7, 11) is 0. The Labute approximate surface area is 87.6 Å². The molecule has 0 bridgehead atoms. The van der Waals surface area contributed by atoms with Crippen molar-refractivity contribution in [3.63, 3.8) is 0 Å². The second-order valence-electron chi connectivity index (χ2n) is 4.29. The predicted octanol–water partition coefficient (Wildman–Crippen LogP) is 3.77. The molecule has 0 spiro atoms. The Hall–Kier alpha value is -0.850. The first kappa shape index (κ1) is 11.2. The van der Waals surface area contributed by atoms with Crippen LogP contribution >= 0.6 is 0 Å². The largest absolute Gasteiger partial charge is 0.297 e. The zero-order valence-electron chi connectivity index (χ0n) is 9.37. The Morgan fingerprint density at radius 1 is 1.43 bits per heavy atom. The first-order chi connectivity index (χ1) is 6.77. The van der Waals surface area contributed by atoms with Gasteiger partial charge < -0.3 is 0 Å². The van der Waals surface area contributed by atoms with Crippen molar-refractivity contribution in [2.45, 2.75) is 39.5 Å². The van der Waals surface area contributed by atoms with Gasteiger partial charge in [-0.15, -0.1) is 0 Å². The number of rotatable bonds is 4. The molecule has 0 radical (unpaired) electrons. The Bertz CT molecular complexity index is 238. The van der Waals surface area contributed by atoms with Crippen molar-refractivity contribution in [3.05, 3.63) is 24.3 Å². The van der Waals surface area contributed by atoms with Crippen LogP contribution < -0.4 is 0 Å². The predicted molar refractivity (Wildman–Crippen MR) is 63.9 cm³/mol. The summed E-state index contributed by atoms with van der Waals surface area (Å²) >= 11 is 0. The lowest BCUT2D eigenvalue weighted by molar-refractivity contribution is 0.382. The van der Waals surface area contributed by atoms with E-state index in [4.69, 9.17) is 0 Å². The summed E-state index contributed by atoms with van der Waals surface area (Å²) < 4.78 is 0. The molecule has 0 saturated carbocycles. The maximum atomic E-state index is 4.38. The van der Waals surface area contributed by atoms with Gasteiger partial charge in [-0.05, 0) is 32.6 Å². The number of hydrogen-bond donors (Lipinski definition) is 0. The number of aliphatic imine (C=N–C) groups is 1. The second kappa shape index (κ2) is 5.79. The van der Waals surface area contributed by atoms with Crippen molar-refractivity contribution in [1.29, 1.82) is 0 Å². The van der Waals surface area contributed by atoms with Crippen molar-refractivity contribution < 1.29 is 0 Å². The highest BCUT2D eigenvalue weighted by Crippen LogP contribution is 2.29. The fourth-order valence-corrected chi connectivity index (χ4v) is 1.81. The quantitative estimate of drug-likeness (QED) is 0.600. The molecule has 0 aliphatic carbocycles. The van der Waals surface area contributed by atoms with Gasteiger partial charge in [0.05, 0.1) is 0 Å². The van der Waals surface area contributed by atoms with Crippen molar-refractivity contribution in [2.75, 3.05) is 6.54 Å². The third kappa shape index (κ3) is 3.91. The molecule has 1 unspecified atom stereocenters. The molecule has 1 aliphatic heterocycles. The van der Waals surface area contributed by atoms with Crippen LogP contribution in [0.15, 0.2) is 29.3 Å². The van der Waals surface area contributed by atoms with Crippen LogP contribution in [0.1, 0.15) is 39.5 Å². The van der Waals surface area contributed by atoms with Crippen LogP contribution in [-0.4, -0.2) is 12.8 Å². The highest BCUT2D eigenvalue weighted by atomic mass is 14.7. The number of hydrogen-bond acceptors (Lipinski definition) is 1. The standard InChI is InChI=1S/C13H21N/c1-3-4-5-6-7-9-13(2)10-8-11-14-12-13/h3-6,12H,7-11H2,1-2H3/b4-3+,6-5-. The summed E-state index contributed by atoms with van der Waals surface area (Å²) in [6.07, 6.45) is 15.6. The number of nitrogens with zero attached hydrogens (tertiary/aromatic N) is 1. The van der Waals surface area contributed by atoms with Crippen LogP contribution in [-0.2, 0) is 0 Å². The molecule has 0 amide bonds. The summed E-state index contributed by atoms with van der Waals surface area (Å²) in [6, 6.07) is 0. The van der Waals surface area contributed by atoms with Crippen molar-refractivity contribution in [2.24, 2.45) is 10.4 Å². The second-order valence-corrected chi connectivity index (χ2v) is 4.29. The monoisotopic (exact) mass is 191 g/mol. The molecule has 78 valence electrons. The molecule has 0 aromatic carbocycles. The molecule has 1 heteroatoms. The topological polar surface area (TPSA) is 12.4 Å². The van der Waals surface area contributed by atoms with Crippen molar-refractivity contribution >= 4 is 6.21 Å².